The van der Waals surface area contributed by atoms with Gasteiger partial charge in [0.2, 0.25) is 0 Å². The zero-order chi connectivity index (χ0) is 18.7. The molecule has 0 fully saturated rings. The molecule has 5 aromatic rings. The molecule has 0 atom stereocenters. The standard InChI is InChI=1S/C22H11ClO4/c23-27-22(26)17-10-8-15-13-6-2-4-11-3-1-5-12(18(11)13)14-7-9-16(21(24)25)20(17)19(14)15/h1-10H,(H,24,25). The van der Waals surface area contributed by atoms with Gasteiger partial charge in [0.1, 0.15) is 11.9 Å². The van der Waals surface area contributed by atoms with E-state index in [1.807, 2.05) is 30.3 Å². The highest BCUT2D eigenvalue weighted by Crippen LogP contribution is 2.42. The molecule has 0 unspecified atom stereocenters. The lowest BCUT2D eigenvalue weighted by Crippen LogP contribution is -2.05. The summed E-state index contributed by atoms with van der Waals surface area (Å²) >= 11 is 5.30. The van der Waals surface area contributed by atoms with E-state index >= 15 is 0 Å². The van der Waals surface area contributed by atoms with Gasteiger partial charge in [0.25, 0.3) is 0 Å². The number of carbonyl (C=O) groups excluding carboxylic acids is 1. The summed E-state index contributed by atoms with van der Waals surface area (Å²) in [5, 5.41) is 16.8. The number of hydrogen-bond donors (Lipinski definition) is 1. The summed E-state index contributed by atoms with van der Waals surface area (Å²) in [7, 11) is 0. The third-order valence-electron chi connectivity index (χ3n) is 5.17. The number of carboxylic acid groups (broad SMARTS) is 1. The van der Waals surface area contributed by atoms with Gasteiger partial charge in [-0.1, -0.05) is 48.5 Å². The fraction of sp³-hybridized carbons (Fsp3) is 0. The van der Waals surface area contributed by atoms with E-state index in [4.69, 9.17) is 11.9 Å². The molecule has 0 aliphatic heterocycles. The van der Waals surface area contributed by atoms with Gasteiger partial charge in [-0.25, -0.2) is 9.59 Å². The zero-order valence-electron chi connectivity index (χ0n) is 13.8. The Kier molecular flexibility index (Phi) is 3.27. The number of aromatic carboxylic acids is 1. The molecule has 1 N–H and O–H groups in total. The van der Waals surface area contributed by atoms with Crippen molar-refractivity contribution in [1.29, 1.82) is 0 Å². The van der Waals surface area contributed by atoms with Crippen LogP contribution in [-0.2, 0) is 4.29 Å². The van der Waals surface area contributed by atoms with Crippen LogP contribution in [0.4, 0.5) is 0 Å². The third-order valence-corrected chi connectivity index (χ3v) is 5.31. The Morgan fingerprint density at radius 3 is 1.81 bits per heavy atom. The number of rotatable bonds is 2. The Labute approximate surface area is 158 Å². The first-order valence-electron chi connectivity index (χ1n) is 8.30. The number of fused-ring (bicyclic) bond motifs is 2. The molecule has 130 valence electrons. The maximum absolute atomic E-state index is 12.2. The van der Waals surface area contributed by atoms with Crippen LogP contribution in [0.5, 0.6) is 0 Å². The Morgan fingerprint density at radius 2 is 1.26 bits per heavy atom. The molecule has 0 aromatic heterocycles. The van der Waals surface area contributed by atoms with E-state index < -0.39 is 11.9 Å². The number of carboxylic acids is 1. The van der Waals surface area contributed by atoms with E-state index in [-0.39, 0.29) is 11.1 Å². The van der Waals surface area contributed by atoms with Gasteiger partial charge in [0.05, 0.1) is 11.1 Å². The average Bonchev–Trinajstić information content (AvgIpc) is 2.70. The summed E-state index contributed by atoms with van der Waals surface area (Å²) in [5.74, 6) is -1.89. The van der Waals surface area contributed by atoms with Crippen LogP contribution in [-0.4, -0.2) is 17.0 Å². The minimum atomic E-state index is -1.11. The van der Waals surface area contributed by atoms with E-state index in [1.165, 1.54) is 6.07 Å². The van der Waals surface area contributed by atoms with Gasteiger partial charge in [-0.3, -0.25) is 0 Å². The van der Waals surface area contributed by atoms with Crippen molar-refractivity contribution in [2.45, 2.75) is 0 Å². The second-order valence-corrected chi connectivity index (χ2v) is 6.60. The van der Waals surface area contributed by atoms with Gasteiger partial charge in [-0.15, -0.1) is 0 Å². The predicted molar refractivity (Wildman–Crippen MR) is 106 cm³/mol. The smallest absolute Gasteiger partial charge is 0.356 e. The maximum Gasteiger partial charge on any atom is 0.356 e. The van der Waals surface area contributed by atoms with Crippen LogP contribution in [0.15, 0.2) is 60.7 Å². The van der Waals surface area contributed by atoms with Gasteiger partial charge in [-0.2, -0.15) is 0 Å². The number of halogens is 1. The van der Waals surface area contributed by atoms with Crippen LogP contribution >= 0.6 is 11.9 Å². The van der Waals surface area contributed by atoms with Crippen molar-refractivity contribution in [3.8, 4) is 0 Å². The van der Waals surface area contributed by atoms with Crippen LogP contribution in [0.3, 0.4) is 0 Å². The highest BCUT2D eigenvalue weighted by molar-refractivity contribution is 6.36. The second kappa shape index (κ2) is 5.56. The van der Waals surface area contributed by atoms with E-state index in [2.05, 4.69) is 16.4 Å². The molecule has 0 radical (unpaired) electrons. The highest BCUT2D eigenvalue weighted by atomic mass is 35.5. The van der Waals surface area contributed by atoms with Crippen molar-refractivity contribution in [2.75, 3.05) is 0 Å². The Balaban J connectivity index is 2.16. The molecule has 5 heteroatoms. The van der Waals surface area contributed by atoms with Gasteiger partial charge < -0.3 is 9.40 Å². The molecule has 0 aliphatic rings. The molecular formula is C22H11ClO4. The molecule has 5 aromatic carbocycles. The van der Waals surface area contributed by atoms with Crippen molar-refractivity contribution in [3.05, 3.63) is 71.8 Å². The topological polar surface area (TPSA) is 63.6 Å². The summed E-state index contributed by atoms with van der Waals surface area (Å²) in [6.45, 7) is 0. The molecule has 0 aliphatic carbocycles. The third kappa shape index (κ3) is 2.04. The van der Waals surface area contributed by atoms with Crippen molar-refractivity contribution < 1.29 is 19.0 Å². The molecule has 0 saturated heterocycles. The molecule has 0 spiro atoms. The lowest BCUT2D eigenvalue weighted by molar-refractivity contribution is 0.0699. The van der Waals surface area contributed by atoms with Crippen molar-refractivity contribution in [3.63, 3.8) is 0 Å². The lowest BCUT2D eigenvalue weighted by Gasteiger charge is -2.16. The van der Waals surface area contributed by atoms with E-state index in [0.29, 0.717) is 5.39 Å². The summed E-state index contributed by atoms with van der Waals surface area (Å²) < 4.78 is 4.38. The average molecular weight is 375 g/mol. The number of carbonyl (C=O) groups is 2. The first kappa shape index (κ1) is 15.9. The van der Waals surface area contributed by atoms with Crippen LogP contribution in [0.1, 0.15) is 20.7 Å². The summed E-state index contributed by atoms with van der Waals surface area (Å²) in [4.78, 5) is 24.1. The van der Waals surface area contributed by atoms with Crippen molar-refractivity contribution in [1.82, 2.24) is 0 Å². The fourth-order valence-corrected chi connectivity index (χ4v) is 4.21. The lowest BCUT2D eigenvalue weighted by atomic mass is 9.86. The molecule has 0 heterocycles. The number of hydrogen-bond acceptors (Lipinski definition) is 3. The SMILES string of the molecule is O=C(O)c1ccc2c3cccc4cccc(c5ccc(C(=O)OCl)c1c25)c43. The Hall–Kier alpha value is -3.37. The highest BCUT2D eigenvalue weighted by Gasteiger charge is 2.22. The summed E-state index contributed by atoms with van der Waals surface area (Å²) in [6, 6.07) is 18.8. The van der Waals surface area contributed by atoms with Gasteiger partial charge in [-0.05, 0) is 49.8 Å². The molecule has 4 nitrogen and oxygen atoms in total. The molecular weight excluding hydrogens is 364 g/mol. The fourth-order valence-electron chi connectivity index (χ4n) is 4.12. The monoisotopic (exact) mass is 374 g/mol. The van der Waals surface area contributed by atoms with Crippen LogP contribution < -0.4 is 0 Å². The quantitative estimate of drug-likeness (QED) is 0.316. The Bertz CT molecular complexity index is 1350. The number of benzene rings is 5. The van der Waals surface area contributed by atoms with E-state index in [9.17, 15) is 14.7 Å². The summed E-state index contributed by atoms with van der Waals surface area (Å²) in [5.41, 5.74) is 0.175. The minimum absolute atomic E-state index is 0.0409. The predicted octanol–water partition coefficient (Wildman–Crippen LogP) is 5.75. The largest absolute Gasteiger partial charge is 0.478 e. The van der Waals surface area contributed by atoms with Gasteiger partial charge in [0, 0.05) is 5.39 Å². The Morgan fingerprint density at radius 1 is 0.704 bits per heavy atom. The van der Waals surface area contributed by atoms with Crippen molar-refractivity contribution in [2.24, 2.45) is 0 Å². The molecule has 0 saturated carbocycles. The van der Waals surface area contributed by atoms with Crippen LogP contribution in [0.2, 0.25) is 0 Å². The molecule has 5 rings (SSSR count). The maximum atomic E-state index is 12.2. The van der Waals surface area contributed by atoms with Gasteiger partial charge >= 0.3 is 11.9 Å². The molecule has 0 amide bonds. The second-order valence-electron chi connectivity index (χ2n) is 6.45. The normalized spacial score (nSPS) is 11.6. The molecule has 0 bridgehead atoms. The summed E-state index contributed by atoms with van der Waals surface area (Å²) in [6.07, 6.45) is 0. The minimum Gasteiger partial charge on any atom is -0.478 e. The van der Waals surface area contributed by atoms with Crippen LogP contribution in [0, 0.1) is 0 Å². The van der Waals surface area contributed by atoms with E-state index in [0.717, 1.165) is 37.7 Å². The molecule has 27 heavy (non-hydrogen) atoms. The van der Waals surface area contributed by atoms with E-state index in [1.54, 1.807) is 12.1 Å². The van der Waals surface area contributed by atoms with Crippen LogP contribution in [0.25, 0.3) is 43.1 Å². The van der Waals surface area contributed by atoms with Gasteiger partial charge in [0.15, 0.2) is 0 Å². The first-order chi connectivity index (χ1) is 13.1. The van der Waals surface area contributed by atoms with Crippen molar-refractivity contribution >= 4 is 66.9 Å². The first-order valence-corrected chi connectivity index (χ1v) is 8.61. The zero-order valence-corrected chi connectivity index (χ0v) is 14.6.